The van der Waals surface area contributed by atoms with Crippen LogP contribution in [-0.4, -0.2) is 25.5 Å². The van der Waals surface area contributed by atoms with E-state index in [1.165, 1.54) is 32.8 Å². The second-order valence-electron chi connectivity index (χ2n) is 5.14. The van der Waals surface area contributed by atoms with Crippen LogP contribution in [0.1, 0.15) is 39.5 Å². The van der Waals surface area contributed by atoms with Gasteiger partial charge in [-0.25, -0.2) is 0 Å². The summed E-state index contributed by atoms with van der Waals surface area (Å²) in [6.07, 6.45) is 4.88. The lowest BCUT2D eigenvalue weighted by Gasteiger charge is -2.19. The van der Waals surface area contributed by atoms with Crippen molar-refractivity contribution in [2.24, 2.45) is 17.8 Å². The number of ether oxygens (including phenoxy) is 1. The van der Waals surface area contributed by atoms with Gasteiger partial charge in [-0.15, -0.1) is 0 Å². The second kappa shape index (κ2) is 6.62. The van der Waals surface area contributed by atoms with Gasteiger partial charge in [-0.1, -0.05) is 26.7 Å². The third-order valence-corrected chi connectivity index (χ3v) is 3.44. The Morgan fingerprint density at radius 3 is 2.35 bits per heavy atom. The van der Waals surface area contributed by atoms with E-state index < -0.39 is 11.9 Å². The van der Waals surface area contributed by atoms with Gasteiger partial charge in [0.25, 0.3) is 0 Å². The molecule has 0 aromatic rings. The van der Waals surface area contributed by atoms with Crippen LogP contribution in [0, 0.1) is 17.8 Å². The smallest absolute Gasteiger partial charge is 0.318 e. The number of hydrogen-bond acceptors (Lipinski definition) is 3. The highest BCUT2D eigenvalue weighted by atomic mass is 16.5. The summed E-state index contributed by atoms with van der Waals surface area (Å²) in [6, 6.07) is 0. The van der Waals surface area contributed by atoms with Gasteiger partial charge >= 0.3 is 5.97 Å². The van der Waals surface area contributed by atoms with Crippen LogP contribution < -0.4 is 5.32 Å². The molecule has 1 aliphatic carbocycles. The normalized spacial score (nSPS) is 18.1. The first-order valence-corrected chi connectivity index (χ1v) is 6.41. The largest absolute Gasteiger partial charge is 0.468 e. The third-order valence-electron chi connectivity index (χ3n) is 3.44. The Morgan fingerprint density at radius 2 is 1.88 bits per heavy atom. The molecule has 0 bridgehead atoms. The first-order chi connectivity index (χ1) is 8.06. The monoisotopic (exact) mass is 241 g/mol. The van der Waals surface area contributed by atoms with E-state index in [2.05, 4.69) is 10.1 Å². The van der Waals surface area contributed by atoms with Crippen molar-refractivity contribution < 1.29 is 14.3 Å². The van der Waals surface area contributed by atoms with E-state index >= 15 is 0 Å². The van der Waals surface area contributed by atoms with E-state index in [0.29, 0.717) is 12.5 Å². The van der Waals surface area contributed by atoms with Crippen molar-refractivity contribution in [2.75, 3.05) is 13.7 Å². The highest BCUT2D eigenvalue weighted by Gasteiger charge is 2.31. The summed E-state index contributed by atoms with van der Waals surface area (Å²) in [6.45, 7) is 4.41. The fourth-order valence-corrected chi connectivity index (χ4v) is 2.38. The molecule has 0 aliphatic heterocycles. The maximum absolute atomic E-state index is 11.9. The maximum atomic E-state index is 11.9. The number of amides is 1. The zero-order valence-corrected chi connectivity index (χ0v) is 11.0. The van der Waals surface area contributed by atoms with Gasteiger partial charge < -0.3 is 10.1 Å². The van der Waals surface area contributed by atoms with Crippen molar-refractivity contribution in [1.29, 1.82) is 0 Å². The van der Waals surface area contributed by atoms with Crippen LogP contribution in [-0.2, 0) is 14.3 Å². The van der Waals surface area contributed by atoms with Gasteiger partial charge in [0.2, 0.25) is 5.91 Å². The minimum atomic E-state index is -0.679. The van der Waals surface area contributed by atoms with Crippen molar-refractivity contribution in [3.8, 4) is 0 Å². The fraction of sp³-hybridized carbons (Fsp3) is 0.846. The summed E-state index contributed by atoms with van der Waals surface area (Å²) < 4.78 is 4.67. The Bertz CT molecular complexity index is 270. The van der Waals surface area contributed by atoms with Gasteiger partial charge in [-0.2, -0.15) is 0 Å². The quantitative estimate of drug-likeness (QED) is 0.589. The first kappa shape index (κ1) is 14.0. The second-order valence-corrected chi connectivity index (χ2v) is 5.14. The third kappa shape index (κ3) is 4.02. The van der Waals surface area contributed by atoms with E-state index in [1.807, 2.05) is 13.8 Å². The Labute approximate surface area is 103 Å². The number of carbonyl (C=O) groups is 2. The lowest BCUT2D eigenvalue weighted by molar-refractivity contribution is -0.151. The van der Waals surface area contributed by atoms with E-state index in [1.54, 1.807) is 0 Å². The molecule has 17 heavy (non-hydrogen) atoms. The molecule has 1 unspecified atom stereocenters. The molecule has 1 fully saturated rings. The highest BCUT2D eigenvalue weighted by Crippen LogP contribution is 2.24. The zero-order chi connectivity index (χ0) is 12.8. The Hall–Kier alpha value is -1.06. The van der Waals surface area contributed by atoms with Crippen molar-refractivity contribution in [1.82, 2.24) is 5.32 Å². The molecule has 4 nitrogen and oxygen atoms in total. The minimum Gasteiger partial charge on any atom is -0.468 e. The van der Waals surface area contributed by atoms with Crippen LogP contribution in [0.5, 0.6) is 0 Å². The number of rotatable bonds is 5. The number of carbonyl (C=O) groups excluding carboxylic acids is 2. The molecule has 4 heteroatoms. The van der Waals surface area contributed by atoms with E-state index in [-0.39, 0.29) is 11.8 Å². The fourth-order valence-electron chi connectivity index (χ4n) is 2.38. The van der Waals surface area contributed by atoms with Gasteiger partial charge in [0.05, 0.1) is 7.11 Å². The molecular weight excluding hydrogens is 218 g/mol. The van der Waals surface area contributed by atoms with Gasteiger partial charge in [-0.3, -0.25) is 9.59 Å². The Balaban J connectivity index is 2.44. The van der Waals surface area contributed by atoms with Crippen LogP contribution >= 0.6 is 0 Å². The lowest BCUT2D eigenvalue weighted by atomic mass is 9.94. The maximum Gasteiger partial charge on any atom is 0.318 e. The van der Waals surface area contributed by atoms with Crippen molar-refractivity contribution in [3.63, 3.8) is 0 Å². The van der Waals surface area contributed by atoms with Gasteiger partial charge in [0.15, 0.2) is 0 Å². The molecule has 1 aliphatic rings. The minimum absolute atomic E-state index is 0.0361. The highest BCUT2D eigenvalue weighted by molar-refractivity contribution is 5.97. The number of methoxy groups -OCH3 is 1. The summed E-state index contributed by atoms with van der Waals surface area (Å²) in [5, 5.41) is 2.88. The van der Waals surface area contributed by atoms with E-state index in [0.717, 1.165) is 0 Å². The predicted molar refractivity (Wildman–Crippen MR) is 65.3 cm³/mol. The van der Waals surface area contributed by atoms with Crippen molar-refractivity contribution in [3.05, 3.63) is 0 Å². The van der Waals surface area contributed by atoms with Gasteiger partial charge in [0, 0.05) is 6.54 Å². The van der Waals surface area contributed by atoms with Crippen LogP contribution in [0.25, 0.3) is 0 Å². The summed E-state index contributed by atoms with van der Waals surface area (Å²) in [5.74, 6) is -0.764. The predicted octanol–water partition coefficient (Wildman–Crippen LogP) is 1.74. The molecule has 1 atom stereocenters. The molecule has 98 valence electrons. The molecule has 0 heterocycles. The summed E-state index contributed by atoms with van der Waals surface area (Å²) >= 11 is 0. The summed E-state index contributed by atoms with van der Waals surface area (Å²) in [7, 11) is 1.32. The molecule has 1 rings (SSSR count). The zero-order valence-electron chi connectivity index (χ0n) is 11.0. The molecular formula is C13H23NO3. The molecule has 0 spiro atoms. The van der Waals surface area contributed by atoms with Crippen LogP contribution in [0.4, 0.5) is 0 Å². The van der Waals surface area contributed by atoms with Gasteiger partial charge in [0.1, 0.15) is 5.92 Å². The van der Waals surface area contributed by atoms with E-state index in [9.17, 15) is 9.59 Å². The Kier molecular flexibility index (Phi) is 5.45. The first-order valence-electron chi connectivity index (χ1n) is 6.41. The number of nitrogens with one attached hydrogen (secondary N) is 1. The molecule has 0 saturated heterocycles. The molecule has 0 radical (unpaired) electrons. The average Bonchev–Trinajstić information content (AvgIpc) is 2.78. The van der Waals surface area contributed by atoms with Gasteiger partial charge in [-0.05, 0) is 24.7 Å². The number of hydrogen-bond donors (Lipinski definition) is 1. The lowest BCUT2D eigenvalue weighted by Crippen LogP contribution is -2.40. The molecule has 0 aromatic heterocycles. The standard InChI is InChI=1S/C13H23NO3/c1-9(2)11(13(16)17-3)12(15)14-8-10-6-4-5-7-10/h9-11H,4-8H2,1-3H3,(H,14,15). The summed E-state index contributed by atoms with van der Waals surface area (Å²) in [4.78, 5) is 23.4. The molecule has 1 amide bonds. The van der Waals surface area contributed by atoms with Crippen LogP contribution in [0.2, 0.25) is 0 Å². The van der Waals surface area contributed by atoms with Crippen molar-refractivity contribution >= 4 is 11.9 Å². The SMILES string of the molecule is COC(=O)C(C(=O)NCC1CCCC1)C(C)C. The summed E-state index contributed by atoms with van der Waals surface area (Å²) in [5.41, 5.74) is 0. The van der Waals surface area contributed by atoms with E-state index in [4.69, 9.17) is 0 Å². The van der Waals surface area contributed by atoms with Crippen LogP contribution in [0.15, 0.2) is 0 Å². The molecule has 0 aromatic carbocycles. The van der Waals surface area contributed by atoms with Crippen molar-refractivity contribution in [2.45, 2.75) is 39.5 Å². The average molecular weight is 241 g/mol. The van der Waals surface area contributed by atoms with Crippen LogP contribution in [0.3, 0.4) is 0 Å². The Morgan fingerprint density at radius 1 is 1.29 bits per heavy atom. The molecule has 1 N–H and O–H groups in total. The number of esters is 1. The molecule has 1 saturated carbocycles. The topological polar surface area (TPSA) is 55.4 Å².